The number of aromatic hydroxyl groups is 1. The second-order valence-corrected chi connectivity index (χ2v) is 7.48. The molecule has 4 rings (SSSR count). The van der Waals surface area contributed by atoms with Crippen molar-refractivity contribution < 1.29 is 19.0 Å². The molecular weight excluding hydrogens is 384 g/mol. The normalized spacial score (nSPS) is 15.8. The third-order valence-corrected chi connectivity index (χ3v) is 5.76. The molecule has 1 aliphatic heterocycles. The van der Waals surface area contributed by atoms with Crippen LogP contribution >= 0.6 is 0 Å². The minimum absolute atomic E-state index is 0.0770. The van der Waals surface area contributed by atoms with Crippen LogP contribution in [0, 0.1) is 20.8 Å². The number of nitrogens with zero attached hydrogens (tertiary/aromatic N) is 1. The van der Waals surface area contributed by atoms with Gasteiger partial charge >= 0.3 is 5.63 Å². The summed E-state index contributed by atoms with van der Waals surface area (Å²) in [6, 6.07) is 7.28. The van der Waals surface area contributed by atoms with Crippen molar-refractivity contribution in [1.29, 1.82) is 0 Å². The number of fused-ring (bicyclic) bond motifs is 1. The SMILES string of the molecule is COc1ccc(OC)c([C@H]2CC(c3c(C)cc4oc(=O)c(C)c(C)c4c3O)=NN2)c1. The zero-order valence-electron chi connectivity index (χ0n) is 17.6. The highest BCUT2D eigenvalue weighted by molar-refractivity contribution is 6.09. The molecule has 0 saturated carbocycles. The third kappa shape index (κ3) is 3.07. The molecule has 0 spiro atoms. The van der Waals surface area contributed by atoms with Gasteiger partial charge in [-0.05, 0) is 56.2 Å². The van der Waals surface area contributed by atoms with E-state index in [0.717, 1.165) is 28.3 Å². The summed E-state index contributed by atoms with van der Waals surface area (Å²) >= 11 is 0. The summed E-state index contributed by atoms with van der Waals surface area (Å²) in [5.74, 6) is 1.54. The van der Waals surface area contributed by atoms with E-state index in [1.807, 2.05) is 32.0 Å². The summed E-state index contributed by atoms with van der Waals surface area (Å²) in [6.07, 6.45) is 0.554. The number of rotatable bonds is 4. The maximum atomic E-state index is 12.0. The first-order valence-corrected chi connectivity index (χ1v) is 9.66. The molecule has 3 aromatic rings. The van der Waals surface area contributed by atoms with Crippen LogP contribution in [0.5, 0.6) is 17.2 Å². The molecule has 2 heterocycles. The number of ether oxygens (including phenoxy) is 2. The first-order chi connectivity index (χ1) is 14.3. The van der Waals surface area contributed by atoms with Gasteiger partial charge in [-0.2, -0.15) is 5.10 Å². The Balaban J connectivity index is 1.77. The first kappa shape index (κ1) is 19.8. The van der Waals surface area contributed by atoms with Gasteiger partial charge in [-0.15, -0.1) is 0 Å². The van der Waals surface area contributed by atoms with Crippen molar-refractivity contribution in [3.63, 3.8) is 0 Å². The van der Waals surface area contributed by atoms with Crippen molar-refractivity contribution in [2.24, 2.45) is 5.10 Å². The topological polar surface area (TPSA) is 93.3 Å². The Morgan fingerprint density at radius 2 is 1.90 bits per heavy atom. The molecule has 1 aromatic heterocycles. The van der Waals surface area contributed by atoms with Gasteiger partial charge in [0.15, 0.2) is 0 Å². The van der Waals surface area contributed by atoms with Gasteiger partial charge in [-0.25, -0.2) is 4.79 Å². The Hall–Kier alpha value is -3.48. The molecule has 2 aromatic carbocycles. The van der Waals surface area contributed by atoms with Gasteiger partial charge in [0.1, 0.15) is 22.8 Å². The number of hydrogen-bond donors (Lipinski definition) is 2. The van der Waals surface area contributed by atoms with Crippen LogP contribution in [0.1, 0.15) is 40.3 Å². The lowest BCUT2D eigenvalue weighted by Gasteiger charge is -2.16. The van der Waals surface area contributed by atoms with E-state index >= 15 is 0 Å². The fraction of sp³-hybridized carbons (Fsp3) is 0.304. The van der Waals surface area contributed by atoms with E-state index in [1.54, 1.807) is 27.2 Å². The van der Waals surface area contributed by atoms with Crippen LogP contribution in [-0.4, -0.2) is 25.0 Å². The molecule has 1 aliphatic rings. The van der Waals surface area contributed by atoms with E-state index in [2.05, 4.69) is 10.5 Å². The highest BCUT2D eigenvalue weighted by Crippen LogP contribution is 2.39. The Labute approximate surface area is 173 Å². The van der Waals surface area contributed by atoms with Crippen LogP contribution in [0.3, 0.4) is 0 Å². The van der Waals surface area contributed by atoms with Crippen molar-refractivity contribution in [3.05, 3.63) is 62.5 Å². The fourth-order valence-electron chi connectivity index (χ4n) is 3.98. The van der Waals surface area contributed by atoms with Crippen molar-refractivity contribution in [1.82, 2.24) is 5.43 Å². The number of phenolic OH excluding ortho intramolecular Hbond substituents is 1. The van der Waals surface area contributed by atoms with Crippen LogP contribution in [0.15, 0.2) is 38.6 Å². The molecule has 156 valence electrons. The number of nitrogens with one attached hydrogen (secondary N) is 1. The molecule has 0 unspecified atom stereocenters. The number of benzene rings is 2. The predicted molar refractivity (Wildman–Crippen MR) is 115 cm³/mol. The monoisotopic (exact) mass is 408 g/mol. The Morgan fingerprint density at radius 1 is 1.13 bits per heavy atom. The Morgan fingerprint density at radius 3 is 2.60 bits per heavy atom. The average Bonchev–Trinajstić information content (AvgIpc) is 3.20. The average molecular weight is 408 g/mol. The Kier molecular flexibility index (Phi) is 4.89. The number of hydrazone groups is 1. The maximum Gasteiger partial charge on any atom is 0.339 e. The maximum absolute atomic E-state index is 12.0. The van der Waals surface area contributed by atoms with E-state index in [-0.39, 0.29) is 11.8 Å². The number of aryl methyl sites for hydroxylation is 2. The minimum Gasteiger partial charge on any atom is -0.506 e. The molecule has 0 fully saturated rings. The predicted octanol–water partition coefficient (Wildman–Crippen LogP) is 3.88. The van der Waals surface area contributed by atoms with E-state index in [4.69, 9.17) is 13.9 Å². The van der Waals surface area contributed by atoms with Gasteiger partial charge in [0.05, 0.1) is 31.4 Å². The molecule has 0 aliphatic carbocycles. The summed E-state index contributed by atoms with van der Waals surface area (Å²) in [5.41, 5.74) is 7.41. The standard InChI is InChI=1S/C23H24N2O5/c1-11-8-19-21(12(2)13(3)23(27)30-19)22(26)20(11)17-10-16(24-25-17)15-9-14(28-4)6-7-18(15)29-5/h6-9,16,24,26H,10H2,1-5H3/t16-/m1/s1. The van der Waals surface area contributed by atoms with Crippen LogP contribution in [0.25, 0.3) is 11.0 Å². The smallest absolute Gasteiger partial charge is 0.339 e. The van der Waals surface area contributed by atoms with E-state index in [0.29, 0.717) is 34.1 Å². The lowest BCUT2D eigenvalue weighted by molar-refractivity contribution is 0.392. The molecule has 7 nitrogen and oxygen atoms in total. The van der Waals surface area contributed by atoms with Gasteiger partial charge in [-0.3, -0.25) is 0 Å². The van der Waals surface area contributed by atoms with Crippen LogP contribution in [-0.2, 0) is 0 Å². The lowest BCUT2D eigenvalue weighted by Crippen LogP contribution is -2.12. The third-order valence-electron chi connectivity index (χ3n) is 5.76. The van der Waals surface area contributed by atoms with E-state index in [9.17, 15) is 9.90 Å². The molecule has 0 saturated heterocycles. The van der Waals surface area contributed by atoms with Crippen molar-refractivity contribution in [2.75, 3.05) is 14.2 Å². The molecular formula is C23H24N2O5. The molecule has 2 N–H and O–H groups in total. The molecule has 0 bridgehead atoms. The molecule has 0 radical (unpaired) electrons. The number of methoxy groups -OCH3 is 2. The summed E-state index contributed by atoms with van der Waals surface area (Å²) in [4.78, 5) is 12.0. The highest BCUT2D eigenvalue weighted by Gasteiger charge is 2.28. The zero-order valence-corrected chi connectivity index (χ0v) is 17.6. The second-order valence-electron chi connectivity index (χ2n) is 7.48. The molecule has 1 atom stereocenters. The quantitative estimate of drug-likeness (QED) is 0.637. The van der Waals surface area contributed by atoms with Crippen molar-refractivity contribution in [2.45, 2.75) is 33.2 Å². The molecule has 7 heteroatoms. The largest absolute Gasteiger partial charge is 0.506 e. The Bertz CT molecular complexity index is 1240. The van der Waals surface area contributed by atoms with Crippen LogP contribution in [0.4, 0.5) is 0 Å². The van der Waals surface area contributed by atoms with E-state index in [1.165, 1.54) is 0 Å². The van der Waals surface area contributed by atoms with Crippen LogP contribution < -0.4 is 20.5 Å². The lowest BCUT2D eigenvalue weighted by atomic mass is 9.92. The summed E-state index contributed by atoms with van der Waals surface area (Å²) in [5, 5.41) is 16.2. The van der Waals surface area contributed by atoms with E-state index < -0.39 is 5.63 Å². The molecule has 30 heavy (non-hydrogen) atoms. The van der Waals surface area contributed by atoms with Crippen LogP contribution in [0.2, 0.25) is 0 Å². The number of phenols is 1. The van der Waals surface area contributed by atoms with Gasteiger partial charge in [0, 0.05) is 23.1 Å². The summed E-state index contributed by atoms with van der Waals surface area (Å²) < 4.78 is 16.3. The van der Waals surface area contributed by atoms with Gasteiger partial charge in [0.2, 0.25) is 0 Å². The van der Waals surface area contributed by atoms with Crippen molar-refractivity contribution in [3.8, 4) is 17.2 Å². The molecule has 0 amide bonds. The second kappa shape index (κ2) is 7.40. The first-order valence-electron chi connectivity index (χ1n) is 9.66. The van der Waals surface area contributed by atoms with Gasteiger partial charge < -0.3 is 24.4 Å². The van der Waals surface area contributed by atoms with Gasteiger partial charge in [0.25, 0.3) is 0 Å². The fourth-order valence-corrected chi connectivity index (χ4v) is 3.98. The summed E-state index contributed by atoms with van der Waals surface area (Å²) in [6.45, 7) is 5.37. The minimum atomic E-state index is -0.392. The van der Waals surface area contributed by atoms with Crippen molar-refractivity contribution >= 4 is 16.7 Å². The zero-order chi connectivity index (χ0) is 21.6. The van der Waals surface area contributed by atoms with Gasteiger partial charge in [-0.1, -0.05) is 0 Å². The summed E-state index contributed by atoms with van der Waals surface area (Å²) in [7, 11) is 3.25. The number of hydrogen-bond acceptors (Lipinski definition) is 7. The highest BCUT2D eigenvalue weighted by atomic mass is 16.5.